The van der Waals surface area contributed by atoms with E-state index in [1.165, 1.54) is 13.3 Å². The Bertz CT molecular complexity index is 384. The second-order valence-electron chi connectivity index (χ2n) is 2.60. The van der Waals surface area contributed by atoms with E-state index in [0.29, 0.717) is 11.5 Å². The molecule has 1 aromatic carbocycles. The van der Waals surface area contributed by atoms with E-state index in [9.17, 15) is 4.79 Å². The van der Waals surface area contributed by atoms with Gasteiger partial charge in [0.2, 0.25) is 0 Å². The Labute approximate surface area is 87.2 Å². The van der Waals surface area contributed by atoms with Crippen LogP contribution in [0.3, 0.4) is 0 Å². The van der Waals surface area contributed by atoms with Crippen molar-refractivity contribution in [2.24, 2.45) is 0 Å². The van der Waals surface area contributed by atoms with E-state index < -0.39 is 5.91 Å². The highest BCUT2D eigenvalue weighted by atomic mass is 16.5. The van der Waals surface area contributed by atoms with Crippen LogP contribution in [0.4, 0.5) is 0 Å². The summed E-state index contributed by atoms with van der Waals surface area (Å²) in [6.07, 6.45) is 1.52. The van der Waals surface area contributed by atoms with Crippen LogP contribution < -0.4 is 14.8 Å². The Kier molecular flexibility index (Phi) is 3.98. The molecule has 15 heavy (non-hydrogen) atoms. The van der Waals surface area contributed by atoms with Crippen molar-refractivity contribution in [2.75, 3.05) is 13.7 Å². The van der Waals surface area contributed by atoms with E-state index in [-0.39, 0.29) is 6.61 Å². The lowest BCUT2D eigenvalue weighted by molar-refractivity contribution is -0.121. The molecule has 0 unspecified atom stereocenters. The Balaban J connectivity index is 2.57. The number of rotatable bonds is 4. The number of benzene rings is 1. The molecule has 1 rings (SSSR count). The van der Waals surface area contributed by atoms with Gasteiger partial charge in [-0.25, -0.2) is 0 Å². The first-order valence-electron chi connectivity index (χ1n) is 4.21. The fourth-order valence-electron chi connectivity index (χ4n) is 0.980. The van der Waals surface area contributed by atoms with Gasteiger partial charge in [0.15, 0.2) is 24.3 Å². The Morgan fingerprint density at radius 1 is 1.47 bits per heavy atom. The van der Waals surface area contributed by atoms with Crippen LogP contribution in [0.25, 0.3) is 0 Å². The molecule has 0 bridgehead atoms. The van der Waals surface area contributed by atoms with Crippen LogP contribution in [0.15, 0.2) is 24.3 Å². The first kappa shape index (κ1) is 10.9. The molecule has 0 aliphatic carbocycles. The molecule has 0 saturated heterocycles. The number of nitriles is 1. The van der Waals surface area contributed by atoms with E-state index in [4.69, 9.17) is 14.7 Å². The number of amides is 1. The van der Waals surface area contributed by atoms with Gasteiger partial charge in [0.1, 0.15) is 0 Å². The molecule has 0 saturated carbocycles. The molecule has 5 heteroatoms. The number of para-hydroxylation sites is 2. The van der Waals surface area contributed by atoms with Crippen LogP contribution >= 0.6 is 0 Å². The lowest BCUT2D eigenvalue weighted by atomic mass is 10.3. The van der Waals surface area contributed by atoms with Gasteiger partial charge in [-0.1, -0.05) is 12.1 Å². The number of nitrogens with one attached hydrogen (secondary N) is 1. The molecule has 1 N–H and O–H groups in total. The summed E-state index contributed by atoms with van der Waals surface area (Å²) < 4.78 is 10.2. The van der Waals surface area contributed by atoms with Gasteiger partial charge in [-0.15, -0.1) is 0 Å². The molecule has 0 aromatic heterocycles. The van der Waals surface area contributed by atoms with Crippen LogP contribution in [0, 0.1) is 11.5 Å². The average Bonchev–Trinajstić information content (AvgIpc) is 2.27. The molecule has 5 nitrogen and oxygen atoms in total. The van der Waals surface area contributed by atoms with Crippen molar-refractivity contribution >= 4 is 5.91 Å². The van der Waals surface area contributed by atoms with E-state index in [1.54, 1.807) is 24.3 Å². The second-order valence-corrected chi connectivity index (χ2v) is 2.60. The molecule has 0 spiro atoms. The SMILES string of the molecule is COc1ccccc1OCC(=O)NC#N. The third kappa shape index (κ3) is 3.19. The summed E-state index contributed by atoms with van der Waals surface area (Å²) in [6.45, 7) is -0.214. The van der Waals surface area contributed by atoms with E-state index >= 15 is 0 Å². The quantitative estimate of drug-likeness (QED) is 0.580. The number of hydrogen-bond acceptors (Lipinski definition) is 4. The van der Waals surface area contributed by atoms with Gasteiger partial charge in [0.05, 0.1) is 7.11 Å². The third-order valence-electron chi connectivity index (χ3n) is 1.62. The zero-order valence-corrected chi connectivity index (χ0v) is 8.19. The first-order valence-corrected chi connectivity index (χ1v) is 4.21. The van der Waals surface area contributed by atoms with Gasteiger partial charge in [-0.05, 0) is 12.1 Å². The minimum Gasteiger partial charge on any atom is -0.493 e. The van der Waals surface area contributed by atoms with Crippen molar-refractivity contribution in [1.29, 1.82) is 5.26 Å². The van der Waals surface area contributed by atoms with Crippen molar-refractivity contribution in [3.63, 3.8) is 0 Å². The van der Waals surface area contributed by atoms with E-state index in [1.807, 2.05) is 5.32 Å². The molecule has 78 valence electrons. The fraction of sp³-hybridized carbons (Fsp3) is 0.200. The van der Waals surface area contributed by atoms with Crippen molar-refractivity contribution < 1.29 is 14.3 Å². The summed E-state index contributed by atoms with van der Waals surface area (Å²) in [4.78, 5) is 10.9. The maximum atomic E-state index is 10.9. The van der Waals surface area contributed by atoms with Crippen LogP contribution in [0.1, 0.15) is 0 Å². The maximum absolute atomic E-state index is 10.9. The monoisotopic (exact) mass is 206 g/mol. The molecular formula is C10H10N2O3. The normalized spacial score (nSPS) is 8.80. The van der Waals surface area contributed by atoms with Crippen molar-refractivity contribution in [3.8, 4) is 17.7 Å². The molecule has 0 radical (unpaired) electrons. The zero-order valence-electron chi connectivity index (χ0n) is 8.19. The Hall–Kier alpha value is -2.22. The number of methoxy groups -OCH3 is 1. The number of ether oxygens (including phenoxy) is 2. The van der Waals surface area contributed by atoms with E-state index in [0.717, 1.165) is 0 Å². The van der Waals surface area contributed by atoms with E-state index in [2.05, 4.69) is 0 Å². The molecule has 1 amide bonds. The zero-order chi connectivity index (χ0) is 11.1. The van der Waals surface area contributed by atoms with Crippen LogP contribution in [-0.2, 0) is 4.79 Å². The van der Waals surface area contributed by atoms with Gasteiger partial charge >= 0.3 is 0 Å². The number of carbonyl (C=O) groups is 1. The van der Waals surface area contributed by atoms with Crippen molar-refractivity contribution in [3.05, 3.63) is 24.3 Å². The molecule has 0 aliphatic rings. The number of nitrogens with zero attached hydrogens (tertiary/aromatic N) is 1. The summed E-state index contributed by atoms with van der Waals surface area (Å²) in [5.74, 6) is 0.513. The lowest BCUT2D eigenvalue weighted by Crippen LogP contribution is -2.24. The van der Waals surface area contributed by atoms with Gasteiger partial charge < -0.3 is 9.47 Å². The Morgan fingerprint density at radius 2 is 2.13 bits per heavy atom. The smallest absolute Gasteiger partial charge is 0.270 e. The highest BCUT2D eigenvalue weighted by molar-refractivity contribution is 5.78. The third-order valence-corrected chi connectivity index (χ3v) is 1.62. The largest absolute Gasteiger partial charge is 0.493 e. The molecule has 0 atom stereocenters. The predicted octanol–water partition coefficient (Wildman–Crippen LogP) is 0.671. The lowest BCUT2D eigenvalue weighted by Gasteiger charge is -2.08. The predicted molar refractivity (Wildman–Crippen MR) is 52.2 cm³/mol. The molecular weight excluding hydrogens is 196 g/mol. The van der Waals surface area contributed by atoms with Crippen molar-refractivity contribution in [1.82, 2.24) is 5.32 Å². The second kappa shape index (κ2) is 5.50. The topological polar surface area (TPSA) is 71.3 Å². The molecule has 0 aliphatic heterocycles. The molecule has 0 heterocycles. The molecule has 0 fully saturated rings. The number of carbonyl (C=O) groups excluding carboxylic acids is 1. The van der Waals surface area contributed by atoms with Gasteiger partial charge in [-0.2, -0.15) is 5.26 Å². The van der Waals surface area contributed by atoms with Gasteiger partial charge in [0.25, 0.3) is 5.91 Å². The summed E-state index contributed by atoms with van der Waals surface area (Å²) in [7, 11) is 1.51. The fourth-order valence-corrected chi connectivity index (χ4v) is 0.980. The summed E-state index contributed by atoms with van der Waals surface area (Å²) in [6, 6.07) is 6.96. The summed E-state index contributed by atoms with van der Waals surface area (Å²) >= 11 is 0. The minimum atomic E-state index is -0.497. The molecule has 1 aromatic rings. The first-order chi connectivity index (χ1) is 7.27. The standard InChI is InChI=1S/C10H10N2O3/c1-14-8-4-2-3-5-9(8)15-6-10(13)12-7-11/h2-5H,6H2,1H3,(H,12,13). The number of hydrogen-bond donors (Lipinski definition) is 1. The average molecular weight is 206 g/mol. The highest BCUT2D eigenvalue weighted by Crippen LogP contribution is 2.25. The van der Waals surface area contributed by atoms with Crippen LogP contribution in [0.5, 0.6) is 11.5 Å². The highest BCUT2D eigenvalue weighted by Gasteiger charge is 2.05. The van der Waals surface area contributed by atoms with Crippen molar-refractivity contribution in [2.45, 2.75) is 0 Å². The summed E-state index contributed by atoms with van der Waals surface area (Å²) in [5.41, 5.74) is 0. The maximum Gasteiger partial charge on any atom is 0.270 e. The van der Waals surface area contributed by atoms with Crippen LogP contribution in [0.2, 0.25) is 0 Å². The van der Waals surface area contributed by atoms with Gasteiger partial charge in [-0.3, -0.25) is 10.1 Å². The summed E-state index contributed by atoms with van der Waals surface area (Å²) in [5, 5.41) is 10.1. The van der Waals surface area contributed by atoms with Gasteiger partial charge in [0, 0.05) is 0 Å². The Morgan fingerprint density at radius 3 is 2.73 bits per heavy atom. The van der Waals surface area contributed by atoms with Crippen LogP contribution in [-0.4, -0.2) is 19.6 Å². The minimum absolute atomic E-state index is 0.214.